The van der Waals surface area contributed by atoms with E-state index in [4.69, 9.17) is 10.00 Å². The van der Waals surface area contributed by atoms with E-state index in [0.29, 0.717) is 19.6 Å². The highest BCUT2D eigenvalue weighted by Gasteiger charge is 2.09. The molecule has 0 aliphatic carbocycles. The minimum absolute atomic E-state index is 0.0783. The summed E-state index contributed by atoms with van der Waals surface area (Å²) in [7, 11) is 1.58. The van der Waals surface area contributed by atoms with Gasteiger partial charge < -0.3 is 10.1 Å². The zero-order chi connectivity index (χ0) is 10.1. The Hall–Kier alpha value is -1.08. The van der Waals surface area contributed by atoms with E-state index >= 15 is 0 Å². The van der Waals surface area contributed by atoms with Crippen LogP contribution in [0, 0.1) is 17.2 Å². The average Bonchev–Trinajstić information content (AvgIpc) is 2.14. The molecule has 0 radical (unpaired) electrons. The second kappa shape index (κ2) is 7.56. The van der Waals surface area contributed by atoms with Crippen LogP contribution in [0.15, 0.2) is 0 Å². The maximum atomic E-state index is 11.1. The molecule has 0 heterocycles. The van der Waals surface area contributed by atoms with Crippen LogP contribution in [0.3, 0.4) is 0 Å². The third-order valence-electron chi connectivity index (χ3n) is 1.74. The Morgan fingerprint density at radius 1 is 1.69 bits per heavy atom. The molecule has 1 unspecified atom stereocenters. The van der Waals surface area contributed by atoms with Gasteiger partial charge in [-0.25, -0.2) is 0 Å². The molecule has 0 spiro atoms. The molecule has 0 saturated carbocycles. The maximum Gasteiger partial charge on any atom is 0.221 e. The molecule has 0 saturated heterocycles. The van der Waals surface area contributed by atoms with Crippen LogP contribution in [-0.2, 0) is 9.53 Å². The Bertz CT molecular complexity index is 187. The fraction of sp³-hybridized carbons (Fsp3) is 0.778. The summed E-state index contributed by atoms with van der Waals surface area (Å²) >= 11 is 0. The minimum atomic E-state index is -0.164. The molecule has 4 heteroatoms. The number of amides is 1. The molecular formula is C9H16N2O2. The van der Waals surface area contributed by atoms with Gasteiger partial charge in [0, 0.05) is 20.1 Å². The SMILES string of the molecule is CCC(C#N)CC(=O)NCCOC. The number of nitrogens with zero attached hydrogens (tertiary/aromatic N) is 1. The van der Waals surface area contributed by atoms with Crippen LogP contribution in [0.1, 0.15) is 19.8 Å². The fourth-order valence-corrected chi connectivity index (χ4v) is 0.870. The van der Waals surface area contributed by atoms with Crippen molar-refractivity contribution in [3.05, 3.63) is 0 Å². The molecular weight excluding hydrogens is 168 g/mol. The van der Waals surface area contributed by atoms with Crippen molar-refractivity contribution in [2.24, 2.45) is 5.92 Å². The van der Waals surface area contributed by atoms with Crippen LogP contribution in [0.4, 0.5) is 0 Å². The van der Waals surface area contributed by atoms with Crippen LogP contribution in [0.2, 0.25) is 0 Å². The van der Waals surface area contributed by atoms with E-state index in [1.54, 1.807) is 7.11 Å². The van der Waals surface area contributed by atoms with Gasteiger partial charge in [0.25, 0.3) is 0 Å². The zero-order valence-corrected chi connectivity index (χ0v) is 8.17. The van der Waals surface area contributed by atoms with Crippen molar-refractivity contribution in [3.63, 3.8) is 0 Å². The molecule has 74 valence electrons. The summed E-state index contributed by atoms with van der Waals surface area (Å²) in [5, 5.41) is 11.3. The molecule has 1 amide bonds. The van der Waals surface area contributed by atoms with Gasteiger partial charge in [0.05, 0.1) is 18.6 Å². The first-order chi connectivity index (χ1) is 6.24. The van der Waals surface area contributed by atoms with Crippen LogP contribution in [-0.4, -0.2) is 26.2 Å². The number of ether oxygens (including phenoxy) is 1. The van der Waals surface area contributed by atoms with Crippen LogP contribution < -0.4 is 5.32 Å². The predicted octanol–water partition coefficient (Wildman–Crippen LogP) is 0.689. The van der Waals surface area contributed by atoms with Crippen molar-refractivity contribution < 1.29 is 9.53 Å². The van der Waals surface area contributed by atoms with Crippen molar-refractivity contribution >= 4 is 5.91 Å². The van der Waals surface area contributed by atoms with E-state index in [2.05, 4.69) is 11.4 Å². The highest BCUT2D eigenvalue weighted by Crippen LogP contribution is 2.05. The highest BCUT2D eigenvalue weighted by atomic mass is 16.5. The smallest absolute Gasteiger partial charge is 0.221 e. The molecule has 13 heavy (non-hydrogen) atoms. The summed E-state index contributed by atoms with van der Waals surface area (Å²) in [5.41, 5.74) is 0. The van der Waals surface area contributed by atoms with E-state index < -0.39 is 0 Å². The van der Waals surface area contributed by atoms with E-state index in [1.165, 1.54) is 0 Å². The topological polar surface area (TPSA) is 62.1 Å². The summed E-state index contributed by atoms with van der Waals surface area (Å²) in [4.78, 5) is 11.1. The van der Waals surface area contributed by atoms with Gasteiger partial charge in [-0.1, -0.05) is 6.92 Å². The molecule has 0 fully saturated rings. The second-order valence-electron chi connectivity index (χ2n) is 2.78. The second-order valence-corrected chi connectivity index (χ2v) is 2.78. The Labute approximate surface area is 78.9 Å². The monoisotopic (exact) mass is 184 g/mol. The molecule has 1 atom stereocenters. The number of rotatable bonds is 6. The molecule has 0 aliphatic rings. The fourth-order valence-electron chi connectivity index (χ4n) is 0.870. The van der Waals surface area contributed by atoms with Gasteiger partial charge in [-0.2, -0.15) is 5.26 Å². The van der Waals surface area contributed by atoms with Crippen molar-refractivity contribution in [1.29, 1.82) is 5.26 Å². The van der Waals surface area contributed by atoms with Crippen molar-refractivity contribution in [1.82, 2.24) is 5.32 Å². The molecule has 0 aromatic rings. The number of carbonyl (C=O) groups is 1. The quantitative estimate of drug-likeness (QED) is 0.618. The number of nitriles is 1. The lowest BCUT2D eigenvalue weighted by molar-refractivity contribution is -0.121. The van der Waals surface area contributed by atoms with Gasteiger partial charge in [0.1, 0.15) is 0 Å². The van der Waals surface area contributed by atoms with Crippen molar-refractivity contribution in [3.8, 4) is 6.07 Å². The van der Waals surface area contributed by atoms with Gasteiger partial charge in [0.15, 0.2) is 0 Å². The summed E-state index contributed by atoms with van der Waals surface area (Å²) in [6.07, 6.45) is 1.00. The van der Waals surface area contributed by atoms with Crippen molar-refractivity contribution in [2.75, 3.05) is 20.3 Å². The Balaban J connectivity index is 3.56. The number of methoxy groups -OCH3 is 1. The number of nitrogens with one attached hydrogen (secondary N) is 1. The van der Waals surface area contributed by atoms with E-state index in [-0.39, 0.29) is 18.2 Å². The normalized spacial score (nSPS) is 11.8. The number of hydrogen-bond donors (Lipinski definition) is 1. The van der Waals surface area contributed by atoms with E-state index in [0.717, 1.165) is 0 Å². The standard InChI is InChI=1S/C9H16N2O2/c1-3-8(7-10)6-9(12)11-4-5-13-2/h8H,3-6H2,1-2H3,(H,11,12). The van der Waals surface area contributed by atoms with E-state index in [1.807, 2.05) is 6.92 Å². The van der Waals surface area contributed by atoms with Crippen LogP contribution >= 0.6 is 0 Å². The summed E-state index contributed by atoms with van der Waals surface area (Å²) in [6.45, 7) is 2.92. The molecule has 1 N–H and O–H groups in total. The molecule has 0 aromatic carbocycles. The van der Waals surface area contributed by atoms with Crippen LogP contribution in [0.25, 0.3) is 0 Å². The first kappa shape index (κ1) is 11.9. The lowest BCUT2D eigenvalue weighted by Gasteiger charge is -2.06. The molecule has 0 aromatic heterocycles. The highest BCUT2D eigenvalue weighted by molar-refractivity contribution is 5.76. The van der Waals surface area contributed by atoms with Gasteiger partial charge >= 0.3 is 0 Å². The first-order valence-electron chi connectivity index (χ1n) is 4.39. The van der Waals surface area contributed by atoms with Gasteiger partial charge in [-0.05, 0) is 6.42 Å². The molecule has 0 aliphatic heterocycles. The first-order valence-corrected chi connectivity index (χ1v) is 4.39. The molecule has 0 bridgehead atoms. The maximum absolute atomic E-state index is 11.1. The van der Waals surface area contributed by atoms with Gasteiger partial charge in [-0.15, -0.1) is 0 Å². The Morgan fingerprint density at radius 2 is 2.38 bits per heavy atom. The zero-order valence-electron chi connectivity index (χ0n) is 8.17. The van der Waals surface area contributed by atoms with E-state index in [9.17, 15) is 4.79 Å². The third kappa shape index (κ3) is 6.12. The molecule has 4 nitrogen and oxygen atoms in total. The minimum Gasteiger partial charge on any atom is -0.383 e. The van der Waals surface area contributed by atoms with Crippen molar-refractivity contribution in [2.45, 2.75) is 19.8 Å². The third-order valence-corrected chi connectivity index (χ3v) is 1.74. The number of hydrogen-bond acceptors (Lipinski definition) is 3. The summed E-state index contributed by atoms with van der Waals surface area (Å²) in [6, 6.07) is 2.08. The van der Waals surface area contributed by atoms with Crippen LogP contribution in [0.5, 0.6) is 0 Å². The van der Waals surface area contributed by atoms with Gasteiger partial charge in [-0.3, -0.25) is 4.79 Å². The average molecular weight is 184 g/mol. The summed E-state index contributed by atoms with van der Waals surface area (Å²) in [5.74, 6) is -0.243. The largest absolute Gasteiger partial charge is 0.383 e. The lowest BCUT2D eigenvalue weighted by atomic mass is 10.0. The summed E-state index contributed by atoms with van der Waals surface area (Å²) < 4.78 is 4.77. The van der Waals surface area contributed by atoms with Gasteiger partial charge in [0.2, 0.25) is 5.91 Å². The predicted molar refractivity (Wildman–Crippen MR) is 48.9 cm³/mol. The lowest BCUT2D eigenvalue weighted by Crippen LogP contribution is -2.28. The molecule has 0 rings (SSSR count). The number of carbonyl (C=O) groups excluding carboxylic acids is 1. The Morgan fingerprint density at radius 3 is 2.85 bits per heavy atom. The Kier molecular flexibility index (Phi) is 6.93.